The molecule has 1 unspecified atom stereocenters. The second-order valence-corrected chi connectivity index (χ2v) is 6.80. The van der Waals surface area contributed by atoms with Gasteiger partial charge in [-0.3, -0.25) is 4.79 Å². The molecule has 1 N–H and O–H groups in total. The molecule has 2 rings (SSSR count). The molecule has 0 saturated carbocycles. The van der Waals surface area contributed by atoms with Crippen LogP contribution in [-0.2, 0) is 21.2 Å². The molecular weight excluding hydrogens is 270 g/mol. The molecule has 1 fully saturated rings. The van der Waals surface area contributed by atoms with Gasteiger partial charge in [0.05, 0.1) is 24.0 Å². The number of carboxylic acid groups (broad SMARTS) is 1. The highest BCUT2D eigenvalue weighted by atomic mass is 32.2. The van der Waals surface area contributed by atoms with Gasteiger partial charge in [-0.05, 0) is 6.92 Å². The zero-order valence-electron chi connectivity index (χ0n) is 10.7. The zero-order valence-corrected chi connectivity index (χ0v) is 11.5. The van der Waals surface area contributed by atoms with Crippen LogP contribution in [0.5, 0.6) is 0 Å². The summed E-state index contributed by atoms with van der Waals surface area (Å²) < 4.78 is 25.2. The van der Waals surface area contributed by atoms with Crippen molar-refractivity contribution in [3.05, 3.63) is 12.4 Å². The molecule has 1 saturated heterocycles. The standard InChI is InChI=1S/C11H17N3O4S/c1-2-13-4-3-12-11(13)14-5-6-19(17,18)8-9(14)7-10(15)16/h3-4,9H,2,5-8H2,1H3,(H,15,16). The fourth-order valence-corrected chi connectivity index (χ4v) is 3.85. The number of aromatic nitrogens is 2. The molecule has 1 aliphatic rings. The highest BCUT2D eigenvalue weighted by Gasteiger charge is 2.34. The fourth-order valence-electron chi connectivity index (χ4n) is 2.33. The monoisotopic (exact) mass is 287 g/mol. The lowest BCUT2D eigenvalue weighted by Gasteiger charge is -2.35. The molecule has 1 aliphatic heterocycles. The number of hydrogen-bond acceptors (Lipinski definition) is 5. The van der Waals surface area contributed by atoms with E-state index in [-0.39, 0.29) is 24.5 Å². The van der Waals surface area contributed by atoms with Gasteiger partial charge in [0.15, 0.2) is 9.84 Å². The highest BCUT2D eigenvalue weighted by molar-refractivity contribution is 7.91. The molecule has 0 amide bonds. The SMILES string of the molecule is CCn1ccnc1N1CCS(=O)(=O)CC1CC(=O)O. The lowest BCUT2D eigenvalue weighted by atomic mass is 10.2. The molecule has 1 aromatic heterocycles. The second kappa shape index (κ2) is 5.20. The van der Waals surface area contributed by atoms with Gasteiger partial charge in [0.1, 0.15) is 0 Å². The molecule has 0 spiro atoms. The number of imidazole rings is 1. The quantitative estimate of drug-likeness (QED) is 0.836. The largest absolute Gasteiger partial charge is 0.481 e. The lowest BCUT2D eigenvalue weighted by molar-refractivity contribution is -0.137. The molecule has 0 aromatic carbocycles. The fraction of sp³-hybridized carbons (Fsp3) is 0.636. The van der Waals surface area contributed by atoms with E-state index in [1.165, 1.54) is 0 Å². The number of rotatable bonds is 4. The van der Waals surface area contributed by atoms with Crippen LogP contribution in [0.15, 0.2) is 12.4 Å². The smallest absolute Gasteiger partial charge is 0.305 e. The van der Waals surface area contributed by atoms with E-state index in [0.29, 0.717) is 12.5 Å². The normalized spacial score (nSPS) is 22.4. The van der Waals surface area contributed by atoms with Crippen molar-refractivity contribution in [1.29, 1.82) is 0 Å². The molecule has 106 valence electrons. The maximum absolute atomic E-state index is 11.7. The van der Waals surface area contributed by atoms with Gasteiger partial charge in [-0.2, -0.15) is 0 Å². The Kier molecular flexibility index (Phi) is 3.79. The molecule has 1 atom stereocenters. The van der Waals surface area contributed by atoms with Crippen LogP contribution < -0.4 is 4.90 Å². The Balaban J connectivity index is 2.29. The number of anilines is 1. The Morgan fingerprint density at radius 2 is 2.32 bits per heavy atom. The van der Waals surface area contributed by atoms with Crippen molar-refractivity contribution in [2.45, 2.75) is 25.9 Å². The maximum atomic E-state index is 11.7. The van der Waals surface area contributed by atoms with Crippen molar-refractivity contribution in [2.24, 2.45) is 0 Å². The van der Waals surface area contributed by atoms with Gasteiger partial charge in [-0.15, -0.1) is 0 Å². The number of hydrogen-bond donors (Lipinski definition) is 1. The molecule has 0 aliphatic carbocycles. The van der Waals surface area contributed by atoms with Crippen molar-refractivity contribution in [2.75, 3.05) is 23.0 Å². The van der Waals surface area contributed by atoms with E-state index in [4.69, 9.17) is 5.11 Å². The van der Waals surface area contributed by atoms with Gasteiger partial charge in [-0.25, -0.2) is 13.4 Å². The van der Waals surface area contributed by atoms with Crippen LogP contribution in [0, 0.1) is 0 Å². The van der Waals surface area contributed by atoms with Gasteiger partial charge in [-0.1, -0.05) is 0 Å². The van der Waals surface area contributed by atoms with Crippen LogP contribution >= 0.6 is 0 Å². The van der Waals surface area contributed by atoms with E-state index in [1.54, 1.807) is 17.3 Å². The predicted octanol–water partition coefficient (Wildman–Crippen LogP) is -0.0189. The molecule has 0 radical (unpaired) electrons. The average molecular weight is 287 g/mol. The first-order chi connectivity index (χ1) is 8.93. The molecule has 7 nitrogen and oxygen atoms in total. The van der Waals surface area contributed by atoms with Crippen LogP contribution in [0.2, 0.25) is 0 Å². The van der Waals surface area contributed by atoms with Crippen molar-refractivity contribution >= 4 is 21.8 Å². The van der Waals surface area contributed by atoms with E-state index >= 15 is 0 Å². The van der Waals surface area contributed by atoms with Gasteiger partial charge < -0.3 is 14.6 Å². The van der Waals surface area contributed by atoms with E-state index in [0.717, 1.165) is 0 Å². The van der Waals surface area contributed by atoms with Crippen LogP contribution in [0.4, 0.5) is 5.95 Å². The Labute approximate surface area is 111 Å². The van der Waals surface area contributed by atoms with Crippen molar-refractivity contribution in [3.63, 3.8) is 0 Å². The van der Waals surface area contributed by atoms with E-state index in [9.17, 15) is 13.2 Å². The first kappa shape index (κ1) is 13.9. The van der Waals surface area contributed by atoms with Crippen LogP contribution in [0.25, 0.3) is 0 Å². The molecule has 2 heterocycles. The molecular formula is C11H17N3O4S. The zero-order chi connectivity index (χ0) is 14.0. The van der Waals surface area contributed by atoms with E-state index < -0.39 is 21.8 Å². The Bertz CT molecular complexity index is 566. The third kappa shape index (κ3) is 3.06. The van der Waals surface area contributed by atoms with Crippen molar-refractivity contribution < 1.29 is 18.3 Å². The summed E-state index contributed by atoms with van der Waals surface area (Å²) in [5.74, 6) is -0.444. The number of carbonyl (C=O) groups is 1. The van der Waals surface area contributed by atoms with E-state index in [1.807, 2.05) is 11.5 Å². The summed E-state index contributed by atoms with van der Waals surface area (Å²) >= 11 is 0. The Morgan fingerprint density at radius 3 is 2.95 bits per heavy atom. The summed E-state index contributed by atoms with van der Waals surface area (Å²) in [5, 5.41) is 8.93. The minimum Gasteiger partial charge on any atom is -0.481 e. The second-order valence-electron chi connectivity index (χ2n) is 4.57. The van der Waals surface area contributed by atoms with E-state index in [2.05, 4.69) is 4.98 Å². The topological polar surface area (TPSA) is 92.5 Å². The van der Waals surface area contributed by atoms with Gasteiger partial charge in [0, 0.05) is 25.5 Å². The molecule has 1 aromatic rings. The Hall–Kier alpha value is -1.57. The molecule has 8 heteroatoms. The predicted molar refractivity (Wildman–Crippen MR) is 69.9 cm³/mol. The lowest BCUT2D eigenvalue weighted by Crippen LogP contribution is -2.50. The van der Waals surface area contributed by atoms with Crippen molar-refractivity contribution in [1.82, 2.24) is 9.55 Å². The Morgan fingerprint density at radius 1 is 1.58 bits per heavy atom. The first-order valence-corrected chi connectivity index (χ1v) is 7.95. The summed E-state index contributed by atoms with van der Waals surface area (Å²) in [7, 11) is -3.16. The summed E-state index contributed by atoms with van der Waals surface area (Å²) in [4.78, 5) is 16.9. The van der Waals surface area contributed by atoms with Crippen LogP contribution in [0.3, 0.4) is 0 Å². The third-order valence-corrected chi connectivity index (χ3v) is 4.93. The number of aliphatic carboxylic acids is 1. The van der Waals surface area contributed by atoms with Gasteiger partial charge >= 0.3 is 5.97 Å². The average Bonchev–Trinajstić information content (AvgIpc) is 2.75. The first-order valence-electron chi connectivity index (χ1n) is 6.13. The van der Waals surface area contributed by atoms with Gasteiger partial charge in [0.25, 0.3) is 0 Å². The minimum absolute atomic E-state index is 0.0414. The summed E-state index contributed by atoms with van der Waals surface area (Å²) in [5.41, 5.74) is 0. The van der Waals surface area contributed by atoms with Crippen LogP contribution in [0.1, 0.15) is 13.3 Å². The third-order valence-electron chi connectivity index (χ3n) is 3.23. The number of sulfone groups is 1. The molecule has 19 heavy (non-hydrogen) atoms. The van der Waals surface area contributed by atoms with Crippen molar-refractivity contribution in [3.8, 4) is 0 Å². The highest BCUT2D eigenvalue weighted by Crippen LogP contribution is 2.22. The van der Waals surface area contributed by atoms with Gasteiger partial charge in [0.2, 0.25) is 5.95 Å². The number of nitrogens with zero attached hydrogens (tertiary/aromatic N) is 3. The summed E-state index contributed by atoms with van der Waals surface area (Å²) in [6.45, 7) is 2.95. The number of carboxylic acids is 1. The summed E-state index contributed by atoms with van der Waals surface area (Å²) in [6.07, 6.45) is 3.24. The van der Waals surface area contributed by atoms with Crippen LogP contribution in [-0.4, -0.2) is 53.1 Å². The number of aryl methyl sites for hydroxylation is 1. The minimum atomic E-state index is -3.16. The molecule has 0 bridgehead atoms. The summed E-state index contributed by atoms with van der Waals surface area (Å²) in [6, 6.07) is -0.552. The maximum Gasteiger partial charge on any atom is 0.305 e.